The van der Waals surface area contributed by atoms with E-state index in [1.54, 1.807) is 0 Å². The molecule has 0 aromatic heterocycles. The first kappa shape index (κ1) is 21.8. The van der Waals surface area contributed by atoms with Crippen LogP contribution < -0.4 is 4.18 Å². The van der Waals surface area contributed by atoms with Gasteiger partial charge in [0.1, 0.15) is 17.4 Å². The molecule has 0 unspecified atom stereocenters. The maximum absolute atomic E-state index is 14.1. The molecule has 0 amide bonds. The highest BCUT2D eigenvalue weighted by atomic mass is 35.5. The van der Waals surface area contributed by atoms with Gasteiger partial charge in [-0.25, -0.2) is 8.78 Å². The van der Waals surface area contributed by atoms with E-state index < -0.39 is 48.9 Å². The number of hydrogen-bond acceptors (Lipinski definition) is 4. The number of hydrogen-bond donors (Lipinski definition) is 0. The molecule has 3 rings (SSSR count). The molecule has 156 valence electrons. The summed E-state index contributed by atoms with van der Waals surface area (Å²) in [6.45, 7) is 0. The molecule has 1 heterocycles. The van der Waals surface area contributed by atoms with Crippen LogP contribution in [0.2, 0.25) is 0 Å². The Morgan fingerprint density at radius 1 is 1.03 bits per heavy atom. The molecular weight excluding hydrogens is 464 g/mol. The van der Waals surface area contributed by atoms with Crippen LogP contribution in [0.1, 0.15) is 23.6 Å². The Bertz CT molecular complexity index is 1050. The fourth-order valence-electron chi connectivity index (χ4n) is 2.72. The molecule has 2 aromatic carbocycles. The molecule has 0 aliphatic carbocycles. The molecule has 0 spiro atoms. The van der Waals surface area contributed by atoms with Crippen LogP contribution in [-0.2, 0) is 10.1 Å². The van der Waals surface area contributed by atoms with Crippen LogP contribution in [0.4, 0.5) is 22.0 Å². The van der Waals surface area contributed by atoms with E-state index in [9.17, 15) is 30.4 Å². The molecule has 0 saturated carbocycles. The van der Waals surface area contributed by atoms with Crippen molar-refractivity contribution in [1.29, 1.82) is 0 Å². The van der Waals surface area contributed by atoms with Gasteiger partial charge in [-0.1, -0.05) is 41.4 Å². The number of aliphatic imine (C=N–C) groups is 1. The quantitative estimate of drug-likeness (QED) is 0.262. The first-order valence-corrected chi connectivity index (χ1v) is 9.99. The minimum absolute atomic E-state index is 0.0692. The Kier molecular flexibility index (Phi) is 5.57. The first-order valence-electron chi connectivity index (χ1n) is 7.83. The topological polar surface area (TPSA) is 55.7 Å². The number of benzene rings is 2. The first-order chi connectivity index (χ1) is 13.3. The zero-order chi connectivity index (χ0) is 21.6. The Morgan fingerprint density at radius 3 is 2.10 bits per heavy atom. The third-order valence-corrected chi connectivity index (χ3v) is 5.68. The Labute approximate surface area is 172 Å². The molecule has 2 aromatic rings. The van der Waals surface area contributed by atoms with Gasteiger partial charge in [-0.2, -0.15) is 21.6 Å². The van der Waals surface area contributed by atoms with Crippen molar-refractivity contribution in [2.45, 2.75) is 22.3 Å². The van der Waals surface area contributed by atoms with Crippen LogP contribution in [0.15, 0.2) is 47.5 Å². The third kappa shape index (κ3) is 4.34. The van der Waals surface area contributed by atoms with Gasteiger partial charge in [-0.15, -0.1) is 0 Å². The fourth-order valence-corrected chi connectivity index (χ4v) is 3.76. The van der Waals surface area contributed by atoms with Gasteiger partial charge in [0.15, 0.2) is 4.33 Å². The molecule has 1 aliphatic rings. The number of halogens is 7. The van der Waals surface area contributed by atoms with Crippen molar-refractivity contribution in [2.24, 2.45) is 4.99 Å². The van der Waals surface area contributed by atoms with Crippen molar-refractivity contribution >= 4 is 39.0 Å². The molecule has 12 heteroatoms. The lowest BCUT2D eigenvalue weighted by molar-refractivity contribution is -0.0500. The van der Waals surface area contributed by atoms with Crippen molar-refractivity contribution in [1.82, 2.24) is 0 Å². The molecule has 0 fully saturated rings. The van der Waals surface area contributed by atoms with Gasteiger partial charge in [-0.05, 0) is 29.8 Å². The standard InChI is InChI=1S/C17H10Cl2F5NO3S/c18-16(19)8-13(25-15(16)14-11(20)2-1-3-12(14)21)9-4-6-10(7-5-9)28-29(26,27)17(22,23)24/h1-7,13H,8H2/t13-/m1/s1. The number of alkyl halides is 5. The number of rotatable bonds is 4. The van der Waals surface area contributed by atoms with Crippen LogP contribution in [0.3, 0.4) is 0 Å². The van der Waals surface area contributed by atoms with E-state index >= 15 is 0 Å². The van der Waals surface area contributed by atoms with E-state index in [-0.39, 0.29) is 12.1 Å². The largest absolute Gasteiger partial charge is 0.534 e. The molecule has 4 nitrogen and oxygen atoms in total. The second-order valence-electron chi connectivity index (χ2n) is 6.05. The van der Waals surface area contributed by atoms with Gasteiger partial charge < -0.3 is 4.18 Å². The second-order valence-corrected chi connectivity index (χ2v) is 9.07. The molecule has 0 N–H and O–H groups in total. The van der Waals surface area contributed by atoms with Gasteiger partial charge in [0.05, 0.1) is 17.3 Å². The van der Waals surface area contributed by atoms with E-state index in [0.29, 0.717) is 5.56 Å². The smallest absolute Gasteiger partial charge is 0.376 e. The van der Waals surface area contributed by atoms with Gasteiger partial charge >= 0.3 is 15.6 Å². The summed E-state index contributed by atoms with van der Waals surface area (Å²) < 4.78 is 89.6. The molecular formula is C17H10Cl2F5NO3S. The summed E-state index contributed by atoms with van der Waals surface area (Å²) in [6.07, 6.45) is -0.0692. The van der Waals surface area contributed by atoms with Crippen LogP contribution in [-0.4, -0.2) is 24.0 Å². The molecule has 0 radical (unpaired) electrons. The summed E-state index contributed by atoms with van der Waals surface area (Å²) in [5, 5.41) is 0. The van der Waals surface area contributed by atoms with Gasteiger partial charge in [0, 0.05) is 6.42 Å². The zero-order valence-electron chi connectivity index (χ0n) is 14.1. The van der Waals surface area contributed by atoms with E-state index in [1.807, 2.05) is 0 Å². The van der Waals surface area contributed by atoms with Gasteiger partial charge in [-0.3, -0.25) is 4.99 Å². The van der Waals surface area contributed by atoms with Crippen LogP contribution in [0, 0.1) is 11.6 Å². The van der Waals surface area contributed by atoms with E-state index in [1.165, 1.54) is 18.2 Å². The highest BCUT2D eigenvalue weighted by molar-refractivity contribution is 7.88. The van der Waals surface area contributed by atoms with Crippen LogP contribution in [0.5, 0.6) is 5.75 Å². The monoisotopic (exact) mass is 473 g/mol. The summed E-state index contributed by atoms with van der Waals surface area (Å²) in [5.41, 5.74) is -5.89. The van der Waals surface area contributed by atoms with Crippen molar-refractivity contribution in [3.05, 3.63) is 65.2 Å². The second kappa shape index (κ2) is 7.41. The van der Waals surface area contributed by atoms with Crippen molar-refractivity contribution in [3.8, 4) is 5.75 Å². The minimum atomic E-state index is -5.81. The maximum Gasteiger partial charge on any atom is 0.534 e. The minimum Gasteiger partial charge on any atom is -0.376 e. The number of nitrogens with zero attached hydrogens (tertiary/aromatic N) is 1. The van der Waals surface area contributed by atoms with Crippen molar-refractivity contribution < 1.29 is 34.6 Å². The van der Waals surface area contributed by atoms with E-state index in [0.717, 1.165) is 24.3 Å². The lowest BCUT2D eigenvalue weighted by Crippen LogP contribution is -2.28. The van der Waals surface area contributed by atoms with E-state index in [4.69, 9.17) is 23.2 Å². The summed E-state index contributed by atoms with van der Waals surface area (Å²) in [4.78, 5) is 4.18. The van der Waals surface area contributed by atoms with Gasteiger partial charge in [0.25, 0.3) is 0 Å². The normalized spacial score (nSPS) is 19.1. The van der Waals surface area contributed by atoms with Crippen LogP contribution in [0.25, 0.3) is 0 Å². The van der Waals surface area contributed by atoms with E-state index in [2.05, 4.69) is 9.18 Å². The lowest BCUT2D eigenvalue weighted by Gasteiger charge is -2.16. The highest BCUT2D eigenvalue weighted by Gasteiger charge is 2.48. The van der Waals surface area contributed by atoms with Crippen molar-refractivity contribution in [2.75, 3.05) is 0 Å². The molecule has 1 atom stereocenters. The zero-order valence-corrected chi connectivity index (χ0v) is 16.4. The molecule has 0 bridgehead atoms. The van der Waals surface area contributed by atoms with Gasteiger partial charge in [0.2, 0.25) is 0 Å². The average molecular weight is 474 g/mol. The third-order valence-electron chi connectivity index (χ3n) is 4.03. The SMILES string of the molecule is O=S(=O)(Oc1ccc([C@H]2CC(Cl)(Cl)C(c3c(F)cccc3F)=N2)cc1)C(F)(F)F. The lowest BCUT2D eigenvalue weighted by atomic mass is 10.0. The fraction of sp³-hybridized carbons (Fsp3) is 0.235. The predicted octanol–water partition coefficient (Wildman–Crippen LogP) is 5.30. The van der Waals surface area contributed by atoms with Crippen molar-refractivity contribution in [3.63, 3.8) is 0 Å². The Hall–Kier alpha value is -1.91. The molecule has 1 aliphatic heterocycles. The summed E-state index contributed by atoms with van der Waals surface area (Å²) >= 11 is 12.4. The Morgan fingerprint density at radius 2 is 1.59 bits per heavy atom. The average Bonchev–Trinajstić information content (AvgIpc) is 2.89. The Balaban J connectivity index is 1.90. The predicted molar refractivity (Wildman–Crippen MR) is 96.7 cm³/mol. The molecule has 29 heavy (non-hydrogen) atoms. The highest BCUT2D eigenvalue weighted by Crippen LogP contribution is 2.45. The van der Waals surface area contributed by atoms with Crippen LogP contribution >= 0.6 is 23.2 Å². The summed E-state index contributed by atoms with van der Waals surface area (Å²) in [6, 6.07) is 6.90. The molecule has 0 saturated heterocycles. The summed E-state index contributed by atoms with van der Waals surface area (Å²) in [5.74, 6) is -2.39. The summed E-state index contributed by atoms with van der Waals surface area (Å²) in [7, 11) is -5.81. The maximum atomic E-state index is 14.1.